The van der Waals surface area contributed by atoms with Crippen molar-refractivity contribution in [3.63, 3.8) is 0 Å². The SMILES string of the molecule is CCCCCCCCCCCCCCCCCC(=O)OCCCCCCCCCCCCCCCC.CCCCCCCCCCCCCCCCCC(=O)OCCCCCCCCCCCCCCCC. The first-order valence-corrected chi connectivity index (χ1v) is 33.9. The summed E-state index contributed by atoms with van der Waals surface area (Å²) in [6, 6.07) is 0. The molecule has 0 saturated heterocycles. The number of ether oxygens (including phenoxy) is 2. The Labute approximate surface area is 455 Å². The maximum absolute atomic E-state index is 11.9. The Morgan fingerprint density at radius 2 is 0.306 bits per heavy atom. The average molecular weight is 1020 g/mol. The second-order valence-electron chi connectivity index (χ2n) is 23.0. The van der Waals surface area contributed by atoms with Crippen molar-refractivity contribution in [1.82, 2.24) is 0 Å². The third-order valence-electron chi connectivity index (χ3n) is 15.5. The predicted octanol–water partition coefficient (Wildman–Crippen LogP) is 24.5. The molecule has 0 aromatic heterocycles. The van der Waals surface area contributed by atoms with E-state index in [9.17, 15) is 9.59 Å². The van der Waals surface area contributed by atoms with Gasteiger partial charge in [-0.3, -0.25) is 9.59 Å². The van der Waals surface area contributed by atoms with Crippen molar-refractivity contribution in [2.75, 3.05) is 13.2 Å². The van der Waals surface area contributed by atoms with Gasteiger partial charge in [-0.05, 0) is 25.7 Å². The van der Waals surface area contributed by atoms with Crippen LogP contribution in [0.4, 0.5) is 0 Å². The molecule has 4 nitrogen and oxygen atoms in total. The standard InChI is InChI=1S/2C34H68O2/c2*1-3-5-7-9-11-13-15-17-19-20-22-24-26-28-30-32-34(35)36-33-31-29-27-25-23-21-18-16-14-12-10-8-6-4-2/h2*3-33H2,1-2H3. The summed E-state index contributed by atoms with van der Waals surface area (Å²) in [6.45, 7) is 10.4. The number of carbonyl (C=O) groups excluding carboxylic acids is 2. The number of unbranched alkanes of at least 4 members (excludes halogenated alkanes) is 54. The Hall–Kier alpha value is -1.06. The zero-order valence-corrected chi connectivity index (χ0v) is 50.5. The van der Waals surface area contributed by atoms with E-state index in [4.69, 9.17) is 9.47 Å². The first kappa shape index (κ1) is 73.0. The topological polar surface area (TPSA) is 52.6 Å². The van der Waals surface area contributed by atoms with Crippen LogP contribution in [0.3, 0.4) is 0 Å². The zero-order chi connectivity index (χ0) is 52.4. The zero-order valence-electron chi connectivity index (χ0n) is 50.5. The third-order valence-corrected chi connectivity index (χ3v) is 15.5. The van der Waals surface area contributed by atoms with Crippen LogP contribution in [-0.2, 0) is 19.1 Å². The number of esters is 2. The van der Waals surface area contributed by atoms with Gasteiger partial charge in [0.15, 0.2) is 0 Å². The highest BCUT2D eigenvalue weighted by Gasteiger charge is 2.05. The predicted molar refractivity (Wildman–Crippen MR) is 322 cm³/mol. The van der Waals surface area contributed by atoms with Gasteiger partial charge in [0.1, 0.15) is 0 Å². The summed E-state index contributed by atoms with van der Waals surface area (Å²) in [4.78, 5) is 23.8. The summed E-state index contributed by atoms with van der Waals surface area (Å²) in [7, 11) is 0. The van der Waals surface area contributed by atoms with Gasteiger partial charge < -0.3 is 9.47 Å². The van der Waals surface area contributed by atoms with E-state index >= 15 is 0 Å². The lowest BCUT2D eigenvalue weighted by Crippen LogP contribution is -2.05. The number of hydrogen-bond donors (Lipinski definition) is 0. The van der Waals surface area contributed by atoms with Crippen LogP contribution in [0.5, 0.6) is 0 Å². The quantitative estimate of drug-likeness (QED) is 0.0450. The lowest BCUT2D eigenvalue weighted by molar-refractivity contribution is -0.144. The van der Waals surface area contributed by atoms with Crippen molar-refractivity contribution < 1.29 is 19.1 Å². The molecule has 0 rings (SSSR count). The van der Waals surface area contributed by atoms with Crippen LogP contribution in [0, 0.1) is 0 Å². The number of carbonyl (C=O) groups is 2. The van der Waals surface area contributed by atoms with Crippen LogP contribution in [0.1, 0.15) is 413 Å². The molecule has 0 N–H and O–H groups in total. The largest absolute Gasteiger partial charge is 0.466 e. The van der Waals surface area contributed by atoms with E-state index in [0.717, 1.165) is 25.7 Å². The molecule has 0 aromatic carbocycles. The van der Waals surface area contributed by atoms with Gasteiger partial charge in [0.05, 0.1) is 13.2 Å². The van der Waals surface area contributed by atoms with Gasteiger partial charge in [0.2, 0.25) is 0 Å². The van der Waals surface area contributed by atoms with Crippen LogP contribution in [0.2, 0.25) is 0 Å². The van der Waals surface area contributed by atoms with Crippen molar-refractivity contribution in [2.45, 2.75) is 413 Å². The van der Waals surface area contributed by atoms with Gasteiger partial charge in [-0.15, -0.1) is 0 Å². The summed E-state index contributed by atoms with van der Waals surface area (Å²) < 4.78 is 10.9. The minimum Gasteiger partial charge on any atom is -0.466 e. The molecule has 0 saturated carbocycles. The van der Waals surface area contributed by atoms with Gasteiger partial charge in [-0.1, -0.05) is 374 Å². The maximum atomic E-state index is 11.9. The minimum atomic E-state index is 0.0272. The molecule has 0 aliphatic carbocycles. The molecule has 0 radical (unpaired) electrons. The molecule has 0 aliphatic heterocycles. The van der Waals surface area contributed by atoms with Crippen molar-refractivity contribution in [3.05, 3.63) is 0 Å². The van der Waals surface area contributed by atoms with Gasteiger partial charge in [0, 0.05) is 12.8 Å². The molecule has 0 atom stereocenters. The fourth-order valence-electron chi connectivity index (χ4n) is 10.4. The number of rotatable bonds is 62. The average Bonchev–Trinajstić information content (AvgIpc) is 3.38. The van der Waals surface area contributed by atoms with E-state index < -0.39 is 0 Å². The van der Waals surface area contributed by atoms with E-state index in [2.05, 4.69) is 27.7 Å². The molecule has 0 unspecified atom stereocenters. The molecule has 0 aliphatic rings. The minimum absolute atomic E-state index is 0.0272. The van der Waals surface area contributed by atoms with Crippen LogP contribution >= 0.6 is 0 Å². The molecular weight excluding hydrogens is 881 g/mol. The summed E-state index contributed by atoms with van der Waals surface area (Å²) in [5.74, 6) is 0.0544. The second kappa shape index (κ2) is 69.9. The highest BCUT2D eigenvalue weighted by Crippen LogP contribution is 2.18. The van der Waals surface area contributed by atoms with Crippen LogP contribution in [0.15, 0.2) is 0 Å². The highest BCUT2D eigenvalue weighted by atomic mass is 16.5. The molecule has 0 fully saturated rings. The van der Waals surface area contributed by atoms with E-state index in [0.29, 0.717) is 26.1 Å². The lowest BCUT2D eigenvalue weighted by Gasteiger charge is -2.06. The Morgan fingerprint density at radius 1 is 0.181 bits per heavy atom. The van der Waals surface area contributed by atoms with Crippen molar-refractivity contribution in [2.24, 2.45) is 0 Å². The fourth-order valence-corrected chi connectivity index (χ4v) is 10.4. The molecule has 0 heterocycles. The molecule has 0 spiro atoms. The van der Waals surface area contributed by atoms with Gasteiger partial charge >= 0.3 is 11.9 Å². The van der Waals surface area contributed by atoms with Crippen LogP contribution in [-0.4, -0.2) is 25.2 Å². The molecule has 0 amide bonds. The Morgan fingerprint density at radius 3 is 0.458 bits per heavy atom. The van der Waals surface area contributed by atoms with Crippen LogP contribution < -0.4 is 0 Å². The van der Waals surface area contributed by atoms with Crippen molar-refractivity contribution in [1.29, 1.82) is 0 Å². The van der Waals surface area contributed by atoms with E-state index in [1.165, 1.54) is 347 Å². The Kier molecular flexibility index (Phi) is 70.9. The normalized spacial score (nSPS) is 11.3. The van der Waals surface area contributed by atoms with E-state index in [-0.39, 0.29) is 11.9 Å². The van der Waals surface area contributed by atoms with Gasteiger partial charge in [-0.2, -0.15) is 0 Å². The summed E-state index contributed by atoms with van der Waals surface area (Å²) >= 11 is 0. The Bertz CT molecular complexity index is 816. The van der Waals surface area contributed by atoms with Crippen molar-refractivity contribution in [3.8, 4) is 0 Å². The monoisotopic (exact) mass is 1020 g/mol. The molecule has 72 heavy (non-hydrogen) atoms. The van der Waals surface area contributed by atoms with Gasteiger partial charge in [0.25, 0.3) is 0 Å². The lowest BCUT2D eigenvalue weighted by atomic mass is 10.0. The van der Waals surface area contributed by atoms with Crippen LogP contribution in [0.25, 0.3) is 0 Å². The smallest absolute Gasteiger partial charge is 0.305 e. The molecular formula is C68H136O4. The fraction of sp³-hybridized carbons (Fsp3) is 0.971. The first-order chi connectivity index (χ1) is 35.6. The van der Waals surface area contributed by atoms with Gasteiger partial charge in [-0.25, -0.2) is 0 Å². The molecule has 0 aromatic rings. The molecule has 4 heteroatoms. The maximum Gasteiger partial charge on any atom is 0.305 e. The first-order valence-electron chi connectivity index (χ1n) is 33.9. The Balaban J connectivity index is 0. The molecule has 0 bridgehead atoms. The van der Waals surface area contributed by atoms with Crippen molar-refractivity contribution >= 4 is 11.9 Å². The summed E-state index contributed by atoms with van der Waals surface area (Å²) in [6.07, 6.45) is 80.2. The summed E-state index contributed by atoms with van der Waals surface area (Å²) in [5, 5.41) is 0. The summed E-state index contributed by atoms with van der Waals surface area (Å²) in [5.41, 5.74) is 0. The van der Waals surface area contributed by atoms with E-state index in [1.807, 2.05) is 0 Å². The third kappa shape index (κ3) is 71.0. The highest BCUT2D eigenvalue weighted by molar-refractivity contribution is 5.69. The van der Waals surface area contributed by atoms with E-state index in [1.54, 1.807) is 0 Å². The molecule has 432 valence electrons. The number of hydrogen-bond acceptors (Lipinski definition) is 4. The second-order valence-corrected chi connectivity index (χ2v) is 23.0.